The molecular formula is C12H22NO3-. The SMILES string of the molecule is CON1C(C)(C)CCC(C(=O)[O-])CC1(C)C. The van der Waals surface area contributed by atoms with E-state index in [2.05, 4.69) is 13.8 Å². The van der Waals surface area contributed by atoms with E-state index in [1.807, 2.05) is 18.9 Å². The van der Waals surface area contributed by atoms with E-state index < -0.39 is 5.97 Å². The number of carboxylic acids is 1. The summed E-state index contributed by atoms with van der Waals surface area (Å²) in [5.41, 5.74) is -0.443. The van der Waals surface area contributed by atoms with E-state index in [-0.39, 0.29) is 17.0 Å². The maximum Gasteiger partial charge on any atom is 0.0575 e. The molecule has 1 fully saturated rings. The van der Waals surface area contributed by atoms with Gasteiger partial charge in [0.25, 0.3) is 0 Å². The lowest BCUT2D eigenvalue weighted by atomic mass is 9.90. The predicted molar refractivity (Wildman–Crippen MR) is 59.4 cm³/mol. The molecule has 4 nitrogen and oxygen atoms in total. The van der Waals surface area contributed by atoms with Crippen molar-refractivity contribution in [2.45, 2.75) is 58.0 Å². The summed E-state index contributed by atoms with van der Waals surface area (Å²) in [6.07, 6.45) is 2.01. The molecule has 0 spiro atoms. The largest absolute Gasteiger partial charge is 0.550 e. The molecule has 1 atom stereocenters. The molecule has 1 saturated heterocycles. The number of hydroxylamine groups is 2. The Bertz CT molecular complexity index is 273. The van der Waals surface area contributed by atoms with Crippen molar-refractivity contribution in [3.8, 4) is 0 Å². The first-order valence-corrected chi connectivity index (χ1v) is 5.76. The minimum atomic E-state index is -0.943. The Hall–Kier alpha value is -0.610. The van der Waals surface area contributed by atoms with Crippen molar-refractivity contribution in [3.05, 3.63) is 0 Å². The summed E-state index contributed by atoms with van der Waals surface area (Å²) in [5.74, 6) is -1.32. The monoisotopic (exact) mass is 228 g/mol. The number of hydrogen-bond acceptors (Lipinski definition) is 4. The van der Waals surface area contributed by atoms with Crippen LogP contribution in [0.2, 0.25) is 0 Å². The van der Waals surface area contributed by atoms with E-state index in [4.69, 9.17) is 4.84 Å². The van der Waals surface area contributed by atoms with Gasteiger partial charge in [-0.25, -0.2) is 0 Å². The van der Waals surface area contributed by atoms with E-state index in [9.17, 15) is 9.90 Å². The Morgan fingerprint density at radius 2 is 1.88 bits per heavy atom. The molecule has 1 aliphatic rings. The number of carbonyl (C=O) groups excluding carboxylic acids is 1. The van der Waals surface area contributed by atoms with Gasteiger partial charge in [0.1, 0.15) is 0 Å². The van der Waals surface area contributed by atoms with Gasteiger partial charge in [0.05, 0.1) is 7.11 Å². The second kappa shape index (κ2) is 4.34. The molecule has 0 aliphatic carbocycles. The molecule has 0 aromatic heterocycles. The van der Waals surface area contributed by atoms with Gasteiger partial charge in [0, 0.05) is 23.0 Å². The highest BCUT2D eigenvalue weighted by Crippen LogP contribution is 2.38. The first kappa shape index (κ1) is 13.5. The molecule has 0 N–H and O–H groups in total. The Morgan fingerprint density at radius 3 is 2.31 bits per heavy atom. The molecule has 16 heavy (non-hydrogen) atoms. The van der Waals surface area contributed by atoms with Crippen molar-refractivity contribution in [1.82, 2.24) is 5.06 Å². The summed E-state index contributed by atoms with van der Waals surface area (Å²) in [7, 11) is 1.64. The average molecular weight is 228 g/mol. The Morgan fingerprint density at radius 1 is 1.31 bits per heavy atom. The fourth-order valence-corrected chi connectivity index (χ4v) is 2.93. The fraction of sp³-hybridized carbons (Fsp3) is 0.917. The van der Waals surface area contributed by atoms with Crippen LogP contribution in [0.5, 0.6) is 0 Å². The minimum Gasteiger partial charge on any atom is -0.550 e. The highest BCUT2D eigenvalue weighted by molar-refractivity contribution is 5.67. The highest BCUT2D eigenvalue weighted by atomic mass is 16.7. The zero-order chi connectivity index (χ0) is 12.6. The summed E-state index contributed by atoms with van der Waals surface area (Å²) in [6, 6.07) is 0. The Kier molecular flexibility index (Phi) is 3.65. The van der Waals surface area contributed by atoms with E-state index in [0.29, 0.717) is 12.8 Å². The molecule has 1 heterocycles. The molecule has 1 unspecified atom stereocenters. The van der Waals surface area contributed by atoms with Crippen LogP contribution in [-0.2, 0) is 9.63 Å². The predicted octanol–water partition coefficient (Wildman–Crippen LogP) is 0.957. The second-order valence-corrected chi connectivity index (χ2v) is 5.86. The summed E-state index contributed by atoms with van der Waals surface area (Å²) in [6.45, 7) is 8.19. The van der Waals surface area contributed by atoms with Gasteiger partial charge >= 0.3 is 0 Å². The lowest BCUT2D eigenvalue weighted by Gasteiger charge is -2.45. The summed E-state index contributed by atoms with van der Waals surface area (Å²) in [4.78, 5) is 16.5. The maximum atomic E-state index is 11.0. The molecular weight excluding hydrogens is 206 g/mol. The van der Waals surface area contributed by atoms with Gasteiger partial charge in [0.2, 0.25) is 0 Å². The van der Waals surface area contributed by atoms with Gasteiger partial charge in [-0.05, 0) is 47.0 Å². The number of carbonyl (C=O) groups is 1. The van der Waals surface area contributed by atoms with E-state index in [1.54, 1.807) is 7.11 Å². The molecule has 0 radical (unpaired) electrons. The van der Waals surface area contributed by atoms with Crippen molar-refractivity contribution < 1.29 is 14.7 Å². The van der Waals surface area contributed by atoms with Gasteiger partial charge in [-0.3, -0.25) is 0 Å². The van der Waals surface area contributed by atoms with Crippen LogP contribution in [0.1, 0.15) is 47.0 Å². The molecule has 0 saturated carbocycles. The molecule has 0 aromatic rings. The van der Waals surface area contributed by atoms with Gasteiger partial charge in [0.15, 0.2) is 0 Å². The Labute approximate surface area is 97.5 Å². The fourth-order valence-electron chi connectivity index (χ4n) is 2.93. The van der Waals surface area contributed by atoms with Gasteiger partial charge in [-0.2, -0.15) is 5.06 Å². The van der Waals surface area contributed by atoms with Crippen LogP contribution in [0.4, 0.5) is 0 Å². The zero-order valence-corrected chi connectivity index (χ0v) is 10.9. The van der Waals surface area contributed by atoms with Crippen LogP contribution in [0.25, 0.3) is 0 Å². The van der Waals surface area contributed by atoms with Gasteiger partial charge in [-0.15, -0.1) is 0 Å². The molecule has 0 amide bonds. The van der Waals surface area contributed by atoms with Gasteiger partial charge in [-0.1, -0.05) is 0 Å². The quantitative estimate of drug-likeness (QED) is 0.706. The minimum absolute atomic E-state index is 0.150. The number of aliphatic carboxylic acids is 1. The van der Waals surface area contributed by atoms with Crippen LogP contribution in [-0.4, -0.2) is 29.2 Å². The third-order valence-corrected chi connectivity index (χ3v) is 3.47. The zero-order valence-electron chi connectivity index (χ0n) is 10.9. The summed E-state index contributed by atoms with van der Waals surface area (Å²) >= 11 is 0. The molecule has 94 valence electrons. The lowest BCUT2D eigenvalue weighted by Crippen LogP contribution is -2.54. The Balaban J connectivity index is 2.99. The van der Waals surface area contributed by atoms with Crippen molar-refractivity contribution in [2.75, 3.05) is 7.11 Å². The molecule has 4 heteroatoms. The number of carboxylic acid groups (broad SMARTS) is 1. The van der Waals surface area contributed by atoms with Crippen molar-refractivity contribution in [1.29, 1.82) is 0 Å². The maximum absolute atomic E-state index is 11.0. The van der Waals surface area contributed by atoms with E-state index >= 15 is 0 Å². The molecule has 0 bridgehead atoms. The van der Waals surface area contributed by atoms with E-state index in [0.717, 1.165) is 6.42 Å². The van der Waals surface area contributed by atoms with E-state index in [1.165, 1.54) is 0 Å². The van der Waals surface area contributed by atoms with Crippen LogP contribution in [0.15, 0.2) is 0 Å². The van der Waals surface area contributed by atoms with Crippen LogP contribution >= 0.6 is 0 Å². The third kappa shape index (κ3) is 2.55. The third-order valence-electron chi connectivity index (χ3n) is 3.47. The first-order chi connectivity index (χ1) is 7.20. The molecule has 1 aliphatic heterocycles. The van der Waals surface area contributed by atoms with Crippen LogP contribution < -0.4 is 5.11 Å². The highest BCUT2D eigenvalue weighted by Gasteiger charge is 2.43. The van der Waals surface area contributed by atoms with Crippen LogP contribution in [0, 0.1) is 5.92 Å². The van der Waals surface area contributed by atoms with Crippen molar-refractivity contribution >= 4 is 5.97 Å². The molecule has 1 rings (SSSR count). The number of nitrogens with zero attached hydrogens (tertiary/aromatic N) is 1. The lowest BCUT2D eigenvalue weighted by molar-refractivity contribution is -0.313. The molecule has 0 aromatic carbocycles. The summed E-state index contributed by atoms with van der Waals surface area (Å²) < 4.78 is 0. The standard InChI is InChI=1S/C12H23NO3/c1-11(2)7-6-9(10(14)15)8-12(3,4)13(11)16-5/h9H,6-8H2,1-5H3,(H,14,15)/p-1. The number of hydrogen-bond donors (Lipinski definition) is 0. The topological polar surface area (TPSA) is 52.6 Å². The van der Waals surface area contributed by atoms with Gasteiger partial charge < -0.3 is 14.7 Å². The van der Waals surface area contributed by atoms with Crippen molar-refractivity contribution in [3.63, 3.8) is 0 Å². The normalized spacial score (nSPS) is 29.7. The number of rotatable bonds is 2. The summed E-state index contributed by atoms with van der Waals surface area (Å²) in [5, 5.41) is 13.0. The second-order valence-electron chi connectivity index (χ2n) is 5.86. The van der Waals surface area contributed by atoms with Crippen LogP contribution in [0.3, 0.4) is 0 Å². The smallest absolute Gasteiger partial charge is 0.0575 e. The first-order valence-electron chi connectivity index (χ1n) is 5.76. The average Bonchev–Trinajstić information content (AvgIpc) is 2.19. The van der Waals surface area contributed by atoms with Crippen molar-refractivity contribution in [2.24, 2.45) is 5.92 Å².